The Balaban J connectivity index is 2.39. The van der Waals surface area contributed by atoms with E-state index in [1.165, 1.54) is 12.4 Å². The van der Waals surface area contributed by atoms with Crippen LogP contribution in [0.5, 0.6) is 0 Å². The number of ketones is 1. The standard InChI is InChI=1S/C12H11Cl2N3O/c1-2-5-17-11(9(14)7-16-17)12(18)10-4-3-8(13)6-15-10/h3-4,6-7H,2,5H2,1H3. The maximum absolute atomic E-state index is 12.3. The molecule has 0 radical (unpaired) electrons. The highest BCUT2D eigenvalue weighted by Gasteiger charge is 2.19. The predicted molar refractivity (Wildman–Crippen MR) is 70.2 cm³/mol. The highest BCUT2D eigenvalue weighted by molar-refractivity contribution is 6.34. The molecule has 0 amide bonds. The monoisotopic (exact) mass is 283 g/mol. The van der Waals surface area contributed by atoms with E-state index < -0.39 is 0 Å². The summed E-state index contributed by atoms with van der Waals surface area (Å²) in [6.45, 7) is 2.64. The summed E-state index contributed by atoms with van der Waals surface area (Å²) in [5.74, 6) is -0.248. The minimum absolute atomic E-state index is 0.248. The van der Waals surface area contributed by atoms with Crippen molar-refractivity contribution in [1.29, 1.82) is 0 Å². The Morgan fingerprint density at radius 3 is 2.72 bits per heavy atom. The Morgan fingerprint density at radius 1 is 1.33 bits per heavy atom. The van der Waals surface area contributed by atoms with Gasteiger partial charge in [-0.2, -0.15) is 5.10 Å². The summed E-state index contributed by atoms with van der Waals surface area (Å²) in [6, 6.07) is 3.19. The summed E-state index contributed by atoms with van der Waals surface area (Å²) in [6.07, 6.45) is 3.77. The molecule has 4 nitrogen and oxygen atoms in total. The van der Waals surface area contributed by atoms with E-state index in [0.717, 1.165) is 6.42 Å². The Bertz CT molecular complexity index is 563. The second-order valence-electron chi connectivity index (χ2n) is 3.76. The van der Waals surface area contributed by atoms with Gasteiger partial charge in [0.05, 0.1) is 16.2 Å². The second kappa shape index (κ2) is 5.50. The molecular weight excluding hydrogens is 273 g/mol. The summed E-state index contributed by atoms with van der Waals surface area (Å²) in [5, 5.41) is 4.90. The SMILES string of the molecule is CCCn1ncc(Cl)c1C(=O)c1ccc(Cl)cn1. The first kappa shape index (κ1) is 13.1. The zero-order valence-corrected chi connectivity index (χ0v) is 11.2. The van der Waals surface area contributed by atoms with Gasteiger partial charge in [-0.05, 0) is 18.6 Å². The molecular formula is C12H11Cl2N3O. The van der Waals surface area contributed by atoms with Crippen LogP contribution in [0.4, 0.5) is 0 Å². The maximum atomic E-state index is 12.3. The molecule has 2 aromatic heterocycles. The van der Waals surface area contributed by atoms with Gasteiger partial charge in [0.15, 0.2) is 0 Å². The van der Waals surface area contributed by atoms with Crippen molar-refractivity contribution in [2.45, 2.75) is 19.9 Å². The van der Waals surface area contributed by atoms with Gasteiger partial charge in [0.1, 0.15) is 11.4 Å². The zero-order valence-electron chi connectivity index (χ0n) is 9.73. The minimum Gasteiger partial charge on any atom is -0.285 e. The van der Waals surface area contributed by atoms with Crippen molar-refractivity contribution in [2.75, 3.05) is 0 Å². The number of carbonyl (C=O) groups is 1. The van der Waals surface area contributed by atoms with Crippen molar-refractivity contribution < 1.29 is 4.79 Å². The van der Waals surface area contributed by atoms with Crippen molar-refractivity contribution in [3.8, 4) is 0 Å². The van der Waals surface area contributed by atoms with Crippen LogP contribution in [0.15, 0.2) is 24.5 Å². The van der Waals surface area contributed by atoms with E-state index in [0.29, 0.717) is 28.0 Å². The predicted octanol–water partition coefficient (Wildman–Crippen LogP) is 3.23. The van der Waals surface area contributed by atoms with Crippen molar-refractivity contribution in [2.24, 2.45) is 0 Å². The normalized spacial score (nSPS) is 10.6. The van der Waals surface area contributed by atoms with Crippen LogP contribution in [0.1, 0.15) is 29.5 Å². The van der Waals surface area contributed by atoms with E-state index in [2.05, 4.69) is 10.1 Å². The fourth-order valence-electron chi connectivity index (χ4n) is 1.60. The first-order valence-electron chi connectivity index (χ1n) is 5.51. The van der Waals surface area contributed by atoms with Crippen molar-refractivity contribution >= 4 is 29.0 Å². The zero-order chi connectivity index (χ0) is 13.1. The first-order valence-corrected chi connectivity index (χ1v) is 6.26. The second-order valence-corrected chi connectivity index (χ2v) is 4.60. The molecule has 0 fully saturated rings. The van der Waals surface area contributed by atoms with Gasteiger partial charge in [-0.1, -0.05) is 30.1 Å². The number of nitrogens with zero attached hydrogens (tertiary/aromatic N) is 3. The van der Waals surface area contributed by atoms with E-state index >= 15 is 0 Å². The van der Waals surface area contributed by atoms with E-state index in [4.69, 9.17) is 23.2 Å². The highest BCUT2D eigenvalue weighted by atomic mass is 35.5. The summed E-state index contributed by atoms with van der Waals surface area (Å²) in [4.78, 5) is 16.3. The first-order chi connectivity index (χ1) is 8.63. The number of aromatic nitrogens is 3. The lowest BCUT2D eigenvalue weighted by Gasteiger charge is -2.05. The Morgan fingerprint density at radius 2 is 2.11 bits per heavy atom. The van der Waals surface area contributed by atoms with Gasteiger partial charge in [-0.3, -0.25) is 14.5 Å². The molecule has 0 spiro atoms. The summed E-state index contributed by atoms with van der Waals surface area (Å²) >= 11 is 11.7. The lowest BCUT2D eigenvalue weighted by Crippen LogP contribution is -2.13. The molecule has 0 aliphatic carbocycles. The molecule has 0 atom stereocenters. The van der Waals surface area contributed by atoms with Gasteiger partial charge in [0.2, 0.25) is 5.78 Å². The van der Waals surface area contributed by atoms with Crippen molar-refractivity contribution in [3.05, 3.63) is 46.0 Å². The van der Waals surface area contributed by atoms with Crippen LogP contribution in [0.25, 0.3) is 0 Å². The third-order valence-corrected chi connectivity index (χ3v) is 2.91. The molecule has 18 heavy (non-hydrogen) atoms. The van der Waals surface area contributed by atoms with E-state index in [9.17, 15) is 4.79 Å². The number of carbonyl (C=O) groups excluding carboxylic acids is 1. The Labute approximate surface area is 115 Å². The Hall–Kier alpha value is -1.39. The van der Waals surface area contributed by atoms with Crippen LogP contribution in [0, 0.1) is 0 Å². The molecule has 0 saturated heterocycles. The number of aryl methyl sites for hydroxylation is 1. The molecule has 94 valence electrons. The highest BCUT2D eigenvalue weighted by Crippen LogP contribution is 2.19. The van der Waals surface area contributed by atoms with Gasteiger partial charge < -0.3 is 0 Å². The molecule has 0 bridgehead atoms. The average Bonchev–Trinajstić information content (AvgIpc) is 2.71. The van der Waals surface area contributed by atoms with Crippen molar-refractivity contribution in [3.63, 3.8) is 0 Å². The largest absolute Gasteiger partial charge is 0.285 e. The number of hydrogen-bond donors (Lipinski definition) is 0. The fourth-order valence-corrected chi connectivity index (χ4v) is 1.94. The van der Waals surface area contributed by atoms with Crippen LogP contribution >= 0.6 is 23.2 Å². The Kier molecular flexibility index (Phi) is 3.99. The number of rotatable bonds is 4. The van der Waals surface area contributed by atoms with Crippen LogP contribution < -0.4 is 0 Å². The molecule has 2 aromatic rings. The quantitative estimate of drug-likeness (QED) is 0.810. The van der Waals surface area contributed by atoms with Crippen LogP contribution in [0.2, 0.25) is 10.0 Å². The molecule has 0 aliphatic rings. The van der Waals surface area contributed by atoms with E-state index in [-0.39, 0.29) is 5.78 Å². The minimum atomic E-state index is -0.248. The molecule has 6 heteroatoms. The molecule has 0 saturated carbocycles. The van der Waals surface area contributed by atoms with E-state index in [1.54, 1.807) is 16.8 Å². The van der Waals surface area contributed by atoms with Crippen LogP contribution in [0.3, 0.4) is 0 Å². The number of pyridine rings is 1. The number of hydrogen-bond acceptors (Lipinski definition) is 3. The van der Waals surface area contributed by atoms with Gasteiger partial charge in [-0.15, -0.1) is 0 Å². The lowest BCUT2D eigenvalue weighted by molar-refractivity contribution is 0.102. The third-order valence-electron chi connectivity index (χ3n) is 2.41. The van der Waals surface area contributed by atoms with E-state index in [1.807, 2.05) is 6.92 Å². The average molecular weight is 284 g/mol. The number of halogens is 2. The fraction of sp³-hybridized carbons (Fsp3) is 0.250. The third kappa shape index (κ3) is 2.54. The lowest BCUT2D eigenvalue weighted by atomic mass is 10.2. The smallest absolute Gasteiger partial charge is 0.230 e. The summed E-state index contributed by atoms with van der Waals surface area (Å²) < 4.78 is 1.60. The maximum Gasteiger partial charge on any atom is 0.230 e. The van der Waals surface area contributed by atoms with Gasteiger partial charge in [0, 0.05) is 12.7 Å². The molecule has 2 rings (SSSR count). The summed E-state index contributed by atoms with van der Waals surface area (Å²) in [5.41, 5.74) is 0.674. The van der Waals surface area contributed by atoms with Gasteiger partial charge >= 0.3 is 0 Å². The van der Waals surface area contributed by atoms with Gasteiger partial charge in [0.25, 0.3) is 0 Å². The van der Waals surface area contributed by atoms with Crippen LogP contribution in [-0.4, -0.2) is 20.5 Å². The van der Waals surface area contributed by atoms with Gasteiger partial charge in [-0.25, -0.2) is 0 Å². The molecule has 0 aromatic carbocycles. The summed E-state index contributed by atoms with van der Waals surface area (Å²) in [7, 11) is 0. The molecule has 0 unspecified atom stereocenters. The van der Waals surface area contributed by atoms with Crippen LogP contribution in [-0.2, 0) is 6.54 Å². The van der Waals surface area contributed by atoms with Crippen molar-refractivity contribution in [1.82, 2.24) is 14.8 Å². The molecule has 2 heterocycles. The molecule has 0 aliphatic heterocycles. The molecule has 0 N–H and O–H groups in total. The topological polar surface area (TPSA) is 47.8 Å².